The molecule has 5 heteroatoms. The van der Waals surface area contributed by atoms with Gasteiger partial charge < -0.3 is 15.3 Å². The van der Waals surface area contributed by atoms with Crippen molar-refractivity contribution in [1.29, 1.82) is 0 Å². The highest BCUT2D eigenvalue weighted by Gasteiger charge is 2.26. The maximum atomic E-state index is 11.7. The molecule has 5 nitrogen and oxygen atoms in total. The molecule has 0 spiro atoms. The third-order valence-corrected chi connectivity index (χ3v) is 3.56. The largest absolute Gasteiger partial charge is 0.480 e. The highest BCUT2D eigenvalue weighted by atomic mass is 16.4. The summed E-state index contributed by atoms with van der Waals surface area (Å²) in [7, 11) is 1.55. The van der Waals surface area contributed by atoms with Crippen molar-refractivity contribution in [2.75, 3.05) is 13.6 Å². The normalized spacial score (nSPS) is 17.3. The fraction of sp³-hybridized carbons (Fsp3) is 0.714. The van der Waals surface area contributed by atoms with Gasteiger partial charge in [-0.25, -0.2) is 9.59 Å². The predicted octanol–water partition coefficient (Wildman–Crippen LogP) is 1.68. The van der Waals surface area contributed by atoms with Crippen LogP contribution in [0.5, 0.6) is 0 Å². The Morgan fingerprint density at radius 3 is 2.58 bits per heavy atom. The smallest absolute Gasteiger partial charge is 0.326 e. The zero-order chi connectivity index (χ0) is 14.3. The molecule has 2 amide bonds. The number of urea groups is 1. The van der Waals surface area contributed by atoms with E-state index in [4.69, 9.17) is 6.42 Å². The topological polar surface area (TPSA) is 69.6 Å². The lowest BCUT2D eigenvalue weighted by Gasteiger charge is -2.26. The molecule has 106 valence electrons. The minimum absolute atomic E-state index is 0.168. The average molecular weight is 266 g/mol. The van der Waals surface area contributed by atoms with Gasteiger partial charge >= 0.3 is 12.0 Å². The van der Waals surface area contributed by atoms with Gasteiger partial charge in [-0.15, -0.1) is 6.42 Å². The van der Waals surface area contributed by atoms with Crippen LogP contribution in [0.1, 0.15) is 38.5 Å². The van der Waals surface area contributed by atoms with Crippen LogP contribution in [0.25, 0.3) is 0 Å². The molecule has 1 unspecified atom stereocenters. The Balaban J connectivity index is 2.50. The van der Waals surface area contributed by atoms with Gasteiger partial charge in [0.2, 0.25) is 0 Å². The molecule has 1 rings (SSSR count). The molecule has 0 aliphatic heterocycles. The van der Waals surface area contributed by atoms with Gasteiger partial charge in [0.05, 0.1) is 6.54 Å². The quantitative estimate of drug-likeness (QED) is 0.744. The summed E-state index contributed by atoms with van der Waals surface area (Å²) in [6, 6.07) is -1.25. The molecule has 2 N–H and O–H groups in total. The van der Waals surface area contributed by atoms with E-state index in [9.17, 15) is 14.7 Å². The van der Waals surface area contributed by atoms with Crippen molar-refractivity contribution in [1.82, 2.24) is 10.2 Å². The fourth-order valence-electron chi connectivity index (χ4n) is 2.45. The minimum atomic E-state index is -0.979. The van der Waals surface area contributed by atoms with Crippen molar-refractivity contribution in [3.8, 4) is 12.3 Å². The summed E-state index contributed by atoms with van der Waals surface area (Å²) in [5.41, 5.74) is 0. The lowest BCUT2D eigenvalue weighted by atomic mass is 9.85. The zero-order valence-corrected chi connectivity index (χ0v) is 11.4. The van der Waals surface area contributed by atoms with E-state index < -0.39 is 18.0 Å². The molecule has 0 saturated heterocycles. The van der Waals surface area contributed by atoms with Crippen LogP contribution in [0.15, 0.2) is 0 Å². The third kappa shape index (κ3) is 5.21. The molecule has 1 aliphatic rings. The maximum Gasteiger partial charge on any atom is 0.326 e. The molecule has 1 fully saturated rings. The molecule has 1 aliphatic carbocycles. The fourth-order valence-corrected chi connectivity index (χ4v) is 2.45. The first-order chi connectivity index (χ1) is 9.04. The zero-order valence-electron chi connectivity index (χ0n) is 11.4. The summed E-state index contributed by atoms with van der Waals surface area (Å²) in [6.45, 7) is 0.168. The van der Waals surface area contributed by atoms with E-state index in [-0.39, 0.29) is 6.54 Å². The second-order valence-corrected chi connectivity index (χ2v) is 5.14. The molecule has 1 atom stereocenters. The van der Waals surface area contributed by atoms with Crippen molar-refractivity contribution < 1.29 is 14.7 Å². The standard InChI is InChI=1S/C14H22N2O3/c1-3-9-16(2)14(19)15-12(13(17)18)10-11-7-5-4-6-8-11/h1,11-12H,4-10H2,2H3,(H,15,19)(H,17,18). The molecule has 0 heterocycles. The number of hydrogen-bond donors (Lipinski definition) is 2. The maximum absolute atomic E-state index is 11.7. The molecule has 19 heavy (non-hydrogen) atoms. The van der Waals surface area contributed by atoms with Crippen molar-refractivity contribution in [3.63, 3.8) is 0 Å². The van der Waals surface area contributed by atoms with E-state index in [1.165, 1.54) is 11.3 Å². The van der Waals surface area contributed by atoms with Crippen LogP contribution in [0.3, 0.4) is 0 Å². The Morgan fingerprint density at radius 2 is 2.05 bits per heavy atom. The Kier molecular flexibility index (Phi) is 6.20. The minimum Gasteiger partial charge on any atom is -0.480 e. The van der Waals surface area contributed by atoms with Gasteiger partial charge in [0.15, 0.2) is 0 Å². The molecule has 0 aromatic rings. The average Bonchev–Trinajstić information content (AvgIpc) is 2.39. The second-order valence-electron chi connectivity index (χ2n) is 5.14. The van der Waals surface area contributed by atoms with E-state index in [2.05, 4.69) is 11.2 Å². The summed E-state index contributed by atoms with van der Waals surface area (Å²) >= 11 is 0. The Bertz CT molecular complexity index is 356. The first kappa shape index (κ1) is 15.4. The number of nitrogens with one attached hydrogen (secondary N) is 1. The SMILES string of the molecule is C#CCN(C)C(=O)NC(CC1CCCCC1)C(=O)O. The number of rotatable bonds is 5. The summed E-state index contributed by atoms with van der Waals surface area (Å²) in [5.74, 6) is 1.77. The monoisotopic (exact) mass is 266 g/mol. The number of carboxylic acids is 1. The summed E-state index contributed by atoms with van der Waals surface area (Å²) in [5, 5.41) is 11.7. The number of carboxylic acid groups (broad SMARTS) is 1. The predicted molar refractivity (Wildman–Crippen MR) is 72.6 cm³/mol. The molecular formula is C14H22N2O3. The Morgan fingerprint density at radius 1 is 1.42 bits per heavy atom. The first-order valence-corrected chi connectivity index (χ1v) is 6.72. The molecule has 0 aromatic heterocycles. The van der Waals surface area contributed by atoms with Crippen molar-refractivity contribution in [2.24, 2.45) is 5.92 Å². The van der Waals surface area contributed by atoms with Gasteiger partial charge in [0, 0.05) is 7.05 Å². The number of carbonyl (C=O) groups is 2. The van der Waals surface area contributed by atoms with Crippen LogP contribution in [-0.2, 0) is 4.79 Å². The Labute approximate surface area is 114 Å². The number of aliphatic carboxylic acids is 1. The lowest BCUT2D eigenvalue weighted by molar-refractivity contribution is -0.139. The van der Waals surface area contributed by atoms with Crippen molar-refractivity contribution in [3.05, 3.63) is 0 Å². The van der Waals surface area contributed by atoms with Crippen LogP contribution >= 0.6 is 0 Å². The van der Waals surface area contributed by atoms with Gasteiger partial charge in [0.25, 0.3) is 0 Å². The first-order valence-electron chi connectivity index (χ1n) is 6.72. The van der Waals surface area contributed by atoms with Crippen LogP contribution in [0.4, 0.5) is 4.79 Å². The van der Waals surface area contributed by atoms with Crippen LogP contribution in [0, 0.1) is 18.3 Å². The molecule has 0 radical (unpaired) electrons. The van der Waals surface area contributed by atoms with Gasteiger partial charge in [0.1, 0.15) is 6.04 Å². The Hall–Kier alpha value is -1.70. The number of nitrogens with zero attached hydrogens (tertiary/aromatic N) is 1. The van der Waals surface area contributed by atoms with Gasteiger partial charge in [-0.2, -0.15) is 0 Å². The highest BCUT2D eigenvalue weighted by Crippen LogP contribution is 2.27. The van der Waals surface area contributed by atoms with E-state index in [0.717, 1.165) is 25.7 Å². The molecule has 0 aromatic carbocycles. The van der Waals surface area contributed by atoms with E-state index >= 15 is 0 Å². The van der Waals surface area contributed by atoms with Crippen molar-refractivity contribution in [2.45, 2.75) is 44.6 Å². The molecule has 0 bridgehead atoms. The van der Waals surface area contributed by atoms with Crippen LogP contribution in [-0.4, -0.2) is 41.6 Å². The number of amides is 2. The second kappa shape index (κ2) is 7.67. The lowest BCUT2D eigenvalue weighted by Crippen LogP contribution is -2.47. The van der Waals surface area contributed by atoms with Gasteiger partial charge in [-0.3, -0.25) is 0 Å². The van der Waals surface area contributed by atoms with E-state index in [0.29, 0.717) is 12.3 Å². The van der Waals surface area contributed by atoms with Gasteiger partial charge in [-0.05, 0) is 12.3 Å². The van der Waals surface area contributed by atoms with Crippen molar-refractivity contribution >= 4 is 12.0 Å². The van der Waals surface area contributed by atoms with Crippen LogP contribution < -0.4 is 5.32 Å². The third-order valence-electron chi connectivity index (χ3n) is 3.56. The number of hydrogen-bond acceptors (Lipinski definition) is 2. The van der Waals surface area contributed by atoms with Gasteiger partial charge in [-0.1, -0.05) is 38.0 Å². The summed E-state index contributed by atoms with van der Waals surface area (Å²) < 4.78 is 0. The number of terminal acetylenes is 1. The highest BCUT2D eigenvalue weighted by molar-refractivity contribution is 5.82. The van der Waals surface area contributed by atoms with E-state index in [1.807, 2.05) is 0 Å². The van der Waals surface area contributed by atoms with Crippen LogP contribution in [0.2, 0.25) is 0 Å². The molecular weight excluding hydrogens is 244 g/mol. The van der Waals surface area contributed by atoms with E-state index in [1.54, 1.807) is 7.05 Å². The number of carbonyl (C=O) groups excluding carboxylic acids is 1. The summed E-state index contributed by atoms with van der Waals surface area (Å²) in [4.78, 5) is 24.3. The summed E-state index contributed by atoms with van der Waals surface area (Å²) in [6.07, 6.45) is 11.3. The molecule has 1 saturated carbocycles.